The highest BCUT2D eigenvalue weighted by molar-refractivity contribution is 5.91. The van der Waals surface area contributed by atoms with Gasteiger partial charge in [-0.25, -0.2) is 4.98 Å². The predicted molar refractivity (Wildman–Crippen MR) is 47.4 cm³/mol. The molecule has 1 aromatic rings. The highest BCUT2D eigenvalue weighted by atomic mass is 16.3. The molecule has 0 saturated heterocycles. The first-order valence-corrected chi connectivity index (χ1v) is 4.08. The number of aryl methyl sites for hydroxylation is 1. The Morgan fingerprint density at radius 2 is 2.36 bits per heavy atom. The van der Waals surface area contributed by atoms with Gasteiger partial charge in [-0.15, -0.1) is 0 Å². The zero-order chi connectivity index (χ0) is 10.6. The van der Waals surface area contributed by atoms with Crippen molar-refractivity contribution in [3.05, 3.63) is 17.8 Å². The molecule has 0 spiro atoms. The van der Waals surface area contributed by atoms with Gasteiger partial charge in [0, 0.05) is 19.9 Å². The van der Waals surface area contributed by atoms with Gasteiger partial charge in [-0.1, -0.05) is 0 Å². The van der Waals surface area contributed by atoms with Gasteiger partial charge in [0.15, 0.2) is 11.6 Å². The van der Waals surface area contributed by atoms with Crippen molar-refractivity contribution in [2.75, 3.05) is 7.05 Å². The van der Waals surface area contributed by atoms with E-state index in [0.29, 0.717) is 12.3 Å². The van der Waals surface area contributed by atoms with Gasteiger partial charge in [0.05, 0.1) is 0 Å². The van der Waals surface area contributed by atoms with Gasteiger partial charge in [-0.3, -0.25) is 9.59 Å². The highest BCUT2D eigenvalue weighted by Gasteiger charge is 2.10. The van der Waals surface area contributed by atoms with Gasteiger partial charge in [-0.2, -0.15) is 0 Å². The number of hydrogen-bond donors (Lipinski definition) is 2. The third-order valence-corrected chi connectivity index (χ3v) is 1.60. The molecule has 1 heterocycles. The summed E-state index contributed by atoms with van der Waals surface area (Å²) in [7, 11) is 1.50. The Bertz CT molecular complexity index is 345. The molecule has 1 rings (SSSR count). The van der Waals surface area contributed by atoms with Crippen molar-refractivity contribution in [1.29, 1.82) is 0 Å². The van der Waals surface area contributed by atoms with Crippen molar-refractivity contribution in [2.24, 2.45) is 5.73 Å². The van der Waals surface area contributed by atoms with Crippen LogP contribution in [-0.4, -0.2) is 23.8 Å². The smallest absolute Gasteiger partial charge is 0.272 e. The van der Waals surface area contributed by atoms with Gasteiger partial charge in [-0.05, 0) is 0 Å². The Morgan fingerprint density at radius 3 is 2.93 bits per heavy atom. The van der Waals surface area contributed by atoms with Crippen LogP contribution >= 0.6 is 0 Å². The molecule has 2 amide bonds. The molecule has 0 aromatic carbocycles. The third kappa shape index (κ3) is 2.58. The first kappa shape index (κ1) is 10.2. The summed E-state index contributed by atoms with van der Waals surface area (Å²) in [5.74, 6) is -0.411. The second-order valence-corrected chi connectivity index (χ2v) is 2.67. The van der Waals surface area contributed by atoms with Crippen LogP contribution in [-0.2, 0) is 11.2 Å². The van der Waals surface area contributed by atoms with Crippen molar-refractivity contribution in [3.8, 4) is 0 Å². The van der Waals surface area contributed by atoms with Gasteiger partial charge in [0.1, 0.15) is 6.26 Å². The van der Waals surface area contributed by atoms with Crippen LogP contribution in [0.3, 0.4) is 0 Å². The summed E-state index contributed by atoms with van der Waals surface area (Å²) in [6.07, 6.45) is 1.72. The van der Waals surface area contributed by atoms with E-state index in [2.05, 4.69) is 10.3 Å². The minimum absolute atomic E-state index is 0.160. The maximum absolute atomic E-state index is 11.0. The lowest BCUT2D eigenvalue weighted by Crippen LogP contribution is -2.18. The molecule has 1 aromatic heterocycles. The zero-order valence-electron chi connectivity index (χ0n) is 7.74. The second kappa shape index (κ2) is 4.40. The van der Waals surface area contributed by atoms with Crippen LogP contribution in [0, 0.1) is 0 Å². The van der Waals surface area contributed by atoms with E-state index in [4.69, 9.17) is 10.2 Å². The van der Waals surface area contributed by atoms with Crippen molar-refractivity contribution in [2.45, 2.75) is 12.8 Å². The van der Waals surface area contributed by atoms with E-state index in [1.54, 1.807) is 0 Å². The zero-order valence-corrected chi connectivity index (χ0v) is 7.74. The molecule has 0 atom stereocenters. The van der Waals surface area contributed by atoms with Crippen LogP contribution in [0.4, 0.5) is 0 Å². The number of amides is 2. The Hall–Kier alpha value is -1.85. The number of nitrogens with two attached hydrogens (primary N) is 1. The van der Waals surface area contributed by atoms with Gasteiger partial charge < -0.3 is 15.5 Å². The number of oxazole rings is 1. The van der Waals surface area contributed by atoms with Gasteiger partial charge in [0.2, 0.25) is 5.91 Å². The molecule has 0 aliphatic heterocycles. The lowest BCUT2D eigenvalue weighted by atomic mass is 10.3. The molecule has 0 aliphatic rings. The third-order valence-electron chi connectivity index (χ3n) is 1.60. The predicted octanol–water partition coefficient (Wildman–Crippen LogP) is -0.548. The van der Waals surface area contributed by atoms with Crippen molar-refractivity contribution in [3.63, 3.8) is 0 Å². The Morgan fingerprint density at radius 1 is 1.64 bits per heavy atom. The molecule has 6 nitrogen and oxygen atoms in total. The van der Waals surface area contributed by atoms with Gasteiger partial charge >= 0.3 is 0 Å². The van der Waals surface area contributed by atoms with Crippen LogP contribution in [0.2, 0.25) is 0 Å². The van der Waals surface area contributed by atoms with E-state index < -0.39 is 5.91 Å². The maximum atomic E-state index is 11.0. The standard InChI is InChI=1S/C8H11N3O3/c1-10-8(13)5-4-14-7(11-5)3-2-6(9)12/h4H,2-3H2,1H3,(H2,9,12)(H,10,13). The molecule has 0 radical (unpaired) electrons. The van der Waals surface area contributed by atoms with Crippen molar-refractivity contribution >= 4 is 11.8 Å². The maximum Gasteiger partial charge on any atom is 0.272 e. The lowest BCUT2D eigenvalue weighted by molar-refractivity contribution is -0.118. The van der Waals surface area contributed by atoms with Crippen LogP contribution < -0.4 is 11.1 Å². The average Bonchev–Trinajstić information content (AvgIpc) is 2.62. The summed E-state index contributed by atoms with van der Waals surface area (Å²) in [5.41, 5.74) is 5.15. The Balaban J connectivity index is 2.59. The SMILES string of the molecule is CNC(=O)c1coc(CCC(N)=O)n1. The Kier molecular flexibility index (Phi) is 3.22. The van der Waals surface area contributed by atoms with E-state index in [0.717, 1.165) is 0 Å². The van der Waals surface area contributed by atoms with Crippen LogP contribution in [0.1, 0.15) is 22.8 Å². The fraction of sp³-hybridized carbons (Fsp3) is 0.375. The normalized spacial score (nSPS) is 9.79. The second-order valence-electron chi connectivity index (χ2n) is 2.67. The number of carbonyl (C=O) groups is 2. The van der Waals surface area contributed by atoms with Crippen molar-refractivity contribution < 1.29 is 14.0 Å². The minimum Gasteiger partial charge on any atom is -0.448 e. The summed E-state index contributed by atoms with van der Waals surface area (Å²) in [6, 6.07) is 0. The van der Waals surface area contributed by atoms with E-state index in [1.807, 2.05) is 0 Å². The van der Waals surface area contributed by atoms with Crippen LogP contribution in [0.25, 0.3) is 0 Å². The van der Waals surface area contributed by atoms with Crippen molar-refractivity contribution in [1.82, 2.24) is 10.3 Å². The highest BCUT2D eigenvalue weighted by Crippen LogP contribution is 2.04. The fourth-order valence-corrected chi connectivity index (χ4v) is 0.888. The lowest BCUT2D eigenvalue weighted by Gasteiger charge is -1.91. The molecule has 0 fully saturated rings. The number of primary amides is 1. The number of aromatic nitrogens is 1. The number of hydrogen-bond acceptors (Lipinski definition) is 4. The first-order chi connectivity index (χ1) is 6.63. The first-order valence-electron chi connectivity index (χ1n) is 4.08. The summed E-state index contributed by atoms with van der Waals surface area (Å²) in [6.45, 7) is 0. The molecule has 76 valence electrons. The number of nitrogens with one attached hydrogen (secondary N) is 1. The molecule has 0 saturated carbocycles. The average molecular weight is 197 g/mol. The molecule has 6 heteroatoms. The van der Waals surface area contributed by atoms with E-state index >= 15 is 0 Å². The van der Waals surface area contributed by atoms with E-state index in [-0.39, 0.29) is 18.0 Å². The largest absolute Gasteiger partial charge is 0.448 e. The molecule has 3 N–H and O–H groups in total. The van der Waals surface area contributed by atoms with Crippen LogP contribution in [0.5, 0.6) is 0 Å². The number of carbonyl (C=O) groups excluding carboxylic acids is 2. The molecule has 14 heavy (non-hydrogen) atoms. The molecule has 0 aliphatic carbocycles. The minimum atomic E-state index is -0.426. The van der Waals surface area contributed by atoms with E-state index in [1.165, 1.54) is 13.3 Å². The number of nitrogens with zero attached hydrogens (tertiary/aromatic N) is 1. The summed E-state index contributed by atoms with van der Waals surface area (Å²) >= 11 is 0. The topological polar surface area (TPSA) is 98.2 Å². The quantitative estimate of drug-likeness (QED) is 0.676. The molecule has 0 bridgehead atoms. The summed E-state index contributed by atoms with van der Waals surface area (Å²) in [4.78, 5) is 25.3. The molecular formula is C8H11N3O3. The summed E-state index contributed by atoms with van der Waals surface area (Å²) < 4.78 is 4.96. The van der Waals surface area contributed by atoms with E-state index in [9.17, 15) is 9.59 Å². The monoisotopic (exact) mass is 197 g/mol. The molecule has 0 unspecified atom stereocenters. The molecular weight excluding hydrogens is 186 g/mol. The number of rotatable bonds is 4. The van der Waals surface area contributed by atoms with Crippen LogP contribution in [0.15, 0.2) is 10.7 Å². The summed E-state index contributed by atoms with van der Waals surface area (Å²) in [5, 5.41) is 2.41. The Labute approximate surface area is 80.5 Å². The van der Waals surface area contributed by atoms with Gasteiger partial charge in [0.25, 0.3) is 5.91 Å². The fourth-order valence-electron chi connectivity index (χ4n) is 0.888.